The Bertz CT molecular complexity index is 1220. The highest BCUT2D eigenvalue weighted by atomic mass is 79.9. The SMILES string of the molecule is CS(C)(C)CCOCn1cnc(-c2ccc3ncc(Br)cc3c2)c1-c1cccc(Cl)c1. The Morgan fingerprint density at radius 3 is 2.65 bits per heavy atom. The minimum absolute atomic E-state index is 0.449. The van der Waals surface area contributed by atoms with Crippen LogP contribution < -0.4 is 0 Å². The Balaban J connectivity index is 1.73. The number of rotatable bonds is 7. The number of halogens is 2. The Morgan fingerprint density at radius 1 is 1.03 bits per heavy atom. The molecule has 4 nitrogen and oxygen atoms in total. The van der Waals surface area contributed by atoms with E-state index in [1.807, 2.05) is 36.8 Å². The zero-order chi connectivity index (χ0) is 22.0. The summed E-state index contributed by atoms with van der Waals surface area (Å²) in [5.41, 5.74) is 4.88. The molecule has 4 aromatic rings. The predicted molar refractivity (Wildman–Crippen MR) is 137 cm³/mol. The fourth-order valence-electron chi connectivity index (χ4n) is 3.35. The largest absolute Gasteiger partial charge is 0.360 e. The topological polar surface area (TPSA) is 39.9 Å². The lowest BCUT2D eigenvalue weighted by molar-refractivity contribution is 0.0907. The minimum atomic E-state index is -0.586. The van der Waals surface area contributed by atoms with Gasteiger partial charge in [0.2, 0.25) is 0 Å². The maximum Gasteiger partial charge on any atom is 0.124 e. The standard InChI is InChI=1S/C24H25BrClN3OS/c1-31(2,3)10-9-30-16-29-15-28-23(24(29)18-5-4-6-21(26)13-18)17-7-8-22-19(11-17)12-20(25)14-27-22/h4-8,11-15H,9-10,16H2,1-3H3. The Kier molecular flexibility index (Phi) is 6.72. The van der Waals surface area contributed by atoms with Crippen molar-refractivity contribution in [1.29, 1.82) is 0 Å². The second-order valence-corrected chi connectivity index (χ2v) is 14.3. The van der Waals surface area contributed by atoms with Crippen LogP contribution in [0, 0.1) is 0 Å². The van der Waals surface area contributed by atoms with E-state index in [4.69, 9.17) is 21.3 Å². The molecule has 0 aliphatic heterocycles. The number of pyridine rings is 1. The normalized spacial score (nSPS) is 12.4. The minimum Gasteiger partial charge on any atom is -0.360 e. The molecule has 0 radical (unpaired) electrons. The second-order valence-electron chi connectivity index (χ2n) is 8.32. The summed E-state index contributed by atoms with van der Waals surface area (Å²) in [6.45, 7) is 1.18. The van der Waals surface area contributed by atoms with E-state index in [9.17, 15) is 0 Å². The van der Waals surface area contributed by atoms with Gasteiger partial charge in [-0.05, 0) is 65.0 Å². The van der Waals surface area contributed by atoms with Crippen molar-refractivity contribution in [3.63, 3.8) is 0 Å². The number of fused-ring (bicyclic) bond motifs is 1. The molecule has 0 aliphatic carbocycles. The van der Waals surface area contributed by atoms with E-state index < -0.39 is 10.0 Å². The summed E-state index contributed by atoms with van der Waals surface area (Å²) in [4.78, 5) is 9.24. The van der Waals surface area contributed by atoms with Gasteiger partial charge in [0.1, 0.15) is 6.73 Å². The summed E-state index contributed by atoms with van der Waals surface area (Å²) in [5, 5.41) is 1.75. The van der Waals surface area contributed by atoms with Crippen LogP contribution in [0.3, 0.4) is 0 Å². The van der Waals surface area contributed by atoms with Crippen LogP contribution in [0.15, 0.2) is 65.5 Å². The molecule has 0 spiro atoms. The molecular weight excluding hydrogens is 494 g/mol. The second kappa shape index (κ2) is 9.33. The van der Waals surface area contributed by atoms with E-state index in [-0.39, 0.29) is 0 Å². The van der Waals surface area contributed by atoms with Crippen molar-refractivity contribution < 1.29 is 4.74 Å². The number of hydrogen-bond donors (Lipinski definition) is 0. The number of ether oxygens (including phenoxy) is 1. The van der Waals surface area contributed by atoms with Crippen molar-refractivity contribution in [2.24, 2.45) is 0 Å². The summed E-state index contributed by atoms with van der Waals surface area (Å²) in [5.74, 6) is 1.08. The van der Waals surface area contributed by atoms with E-state index in [1.54, 1.807) is 0 Å². The van der Waals surface area contributed by atoms with Gasteiger partial charge in [0.05, 0.1) is 29.8 Å². The first-order chi connectivity index (χ1) is 14.8. The first kappa shape index (κ1) is 22.3. The molecule has 0 unspecified atom stereocenters. The summed E-state index contributed by atoms with van der Waals surface area (Å²) in [6, 6.07) is 16.2. The van der Waals surface area contributed by atoms with Crippen molar-refractivity contribution in [1.82, 2.24) is 14.5 Å². The van der Waals surface area contributed by atoms with Gasteiger partial charge in [-0.1, -0.05) is 29.8 Å². The lowest BCUT2D eigenvalue weighted by Crippen LogP contribution is -2.10. The van der Waals surface area contributed by atoms with Crippen LogP contribution in [0.5, 0.6) is 0 Å². The van der Waals surface area contributed by atoms with Gasteiger partial charge >= 0.3 is 0 Å². The molecule has 162 valence electrons. The van der Waals surface area contributed by atoms with Crippen molar-refractivity contribution in [2.45, 2.75) is 6.73 Å². The van der Waals surface area contributed by atoms with Crippen LogP contribution in [0.4, 0.5) is 0 Å². The molecule has 0 saturated carbocycles. The number of aromatic nitrogens is 3. The van der Waals surface area contributed by atoms with Crippen LogP contribution in [0.25, 0.3) is 33.4 Å². The van der Waals surface area contributed by atoms with Gasteiger partial charge in [-0.25, -0.2) is 15.0 Å². The highest BCUT2D eigenvalue weighted by Gasteiger charge is 2.16. The maximum atomic E-state index is 6.31. The summed E-state index contributed by atoms with van der Waals surface area (Å²) in [7, 11) is -0.586. The average Bonchev–Trinajstić information content (AvgIpc) is 3.14. The molecule has 4 rings (SSSR count). The average molecular weight is 519 g/mol. The van der Waals surface area contributed by atoms with Gasteiger partial charge in [-0.3, -0.25) is 4.98 Å². The van der Waals surface area contributed by atoms with Gasteiger partial charge in [0, 0.05) is 38.0 Å². The zero-order valence-corrected chi connectivity index (χ0v) is 21.0. The fourth-order valence-corrected chi connectivity index (χ4v) is 4.51. The number of benzene rings is 2. The number of imidazole rings is 1. The molecule has 7 heteroatoms. The molecule has 0 aliphatic rings. The van der Waals surface area contributed by atoms with Crippen molar-refractivity contribution in [3.8, 4) is 22.5 Å². The zero-order valence-electron chi connectivity index (χ0n) is 17.8. The Labute approximate surface area is 198 Å². The molecular formula is C24H25BrClN3OS. The summed E-state index contributed by atoms with van der Waals surface area (Å²) in [6.07, 6.45) is 10.6. The predicted octanol–water partition coefficient (Wildman–Crippen LogP) is 6.85. The van der Waals surface area contributed by atoms with Crippen LogP contribution in [-0.4, -0.2) is 45.7 Å². The van der Waals surface area contributed by atoms with Gasteiger partial charge in [-0.15, -0.1) is 0 Å². The molecule has 0 fully saturated rings. The first-order valence-electron chi connectivity index (χ1n) is 9.91. The van der Waals surface area contributed by atoms with E-state index >= 15 is 0 Å². The molecule has 0 amide bonds. The van der Waals surface area contributed by atoms with Gasteiger partial charge in [0.25, 0.3) is 0 Å². The van der Waals surface area contributed by atoms with E-state index in [2.05, 4.69) is 68.5 Å². The first-order valence-corrected chi connectivity index (χ1v) is 14.1. The number of nitrogens with zero attached hydrogens (tertiary/aromatic N) is 3. The molecule has 31 heavy (non-hydrogen) atoms. The lowest BCUT2D eigenvalue weighted by Gasteiger charge is -2.24. The smallest absolute Gasteiger partial charge is 0.124 e. The Morgan fingerprint density at radius 2 is 1.87 bits per heavy atom. The van der Waals surface area contributed by atoms with E-state index in [1.165, 1.54) is 0 Å². The quantitative estimate of drug-likeness (QED) is 0.251. The lowest BCUT2D eigenvalue weighted by atomic mass is 10.0. The maximum absolute atomic E-state index is 6.31. The van der Waals surface area contributed by atoms with Gasteiger partial charge < -0.3 is 9.30 Å². The summed E-state index contributed by atoms with van der Waals surface area (Å²) >= 11 is 9.83. The molecule has 2 aromatic heterocycles. The number of hydrogen-bond acceptors (Lipinski definition) is 3. The van der Waals surface area contributed by atoms with Crippen molar-refractivity contribution >= 4 is 48.5 Å². The third-order valence-electron chi connectivity index (χ3n) is 4.93. The highest BCUT2D eigenvalue weighted by Crippen LogP contribution is 2.35. The molecule has 2 aromatic carbocycles. The fraction of sp³-hybridized carbons (Fsp3) is 0.250. The van der Waals surface area contributed by atoms with Crippen molar-refractivity contribution in [2.75, 3.05) is 31.1 Å². The highest BCUT2D eigenvalue weighted by molar-refractivity contribution is 9.10. The molecule has 0 N–H and O–H groups in total. The molecule has 0 saturated heterocycles. The summed E-state index contributed by atoms with van der Waals surface area (Å²) < 4.78 is 9.03. The Hall–Kier alpha value is -1.86. The van der Waals surface area contributed by atoms with Gasteiger partial charge in [-0.2, -0.15) is 0 Å². The third-order valence-corrected chi connectivity index (χ3v) is 6.99. The monoisotopic (exact) mass is 517 g/mol. The van der Waals surface area contributed by atoms with E-state index in [0.717, 1.165) is 50.3 Å². The molecule has 0 bridgehead atoms. The van der Waals surface area contributed by atoms with Crippen molar-refractivity contribution in [3.05, 3.63) is 70.6 Å². The van der Waals surface area contributed by atoms with E-state index in [0.29, 0.717) is 11.8 Å². The molecule has 0 atom stereocenters. The van der Waals surface area contributed by atoms with Gasteiger partial charge in [0.15, 0.2) is 0 Å². The van der Waals surface area contributed by atoms with Crippen LogP contribution in [0.1, 0.15) is 0 Å². The van der Waals surface area contributed by atoms with Crippen LogP contribution in [-0.2, 0) is 11.5 Å². The van der Waals surface area contributed by atoms with Crippen LogP contribution in [0.2, 0.25) is 5.02 Å². The third kappa shape index (κ3) is 5.50. The van der Waals surface area contributed by atoms with Crippen LogP contribution >= 0.6 is 37.6 Å². The molecule has 2 heterocycles.